The Bertz CT molecular complexity index is 1420. The van der Waals surface area contributed by atoms with Gasteiger partial charge in [-0.05, 0) is 55.7 Å². The summed E-state index contributed by atoms with van der Waals surface area (Å²) < 4.78 is 26.7. The Morgan fingerprint density at radius 3 is 2.15 bits per heavy atom. The van der Waals surface area contributed by atoms with Gasteiger partial charge in [0.25, 0.3) is 0 Å². The maximum Gasteiger partial charge on any atom is 0.244 e. The van der Waals surface area contributed by atoms with Gasteiger partial charge in [-0.25, -0.2) is 8.42 Å². The summed E-state index contributed by atoms with van der Waals surface area (Å²) in [4.78, 5) is 29.0. The first-order valence-electron chi connectivity index (χ1n) is 12.5. The van der Waals surface area contributed by atoms with Gasteiger partial charge in [0.15, 0.2) is 0 Å². The summed E-state index contributed by atoms with van der Waals surface area (Å²) in [7, 11) is -3.90. The van der Waals surface area contributed by atoms with Crippen LogP contribution in [0.1, 0.15) is 30.5 Å². The van der Waals surface area contributed by atoms with Crippen molar-refractivity contribution in [1.82, 2.24) is 10.2 Å². The van der Waals surface area contributed by atoms with E-state index in [1.165, 1.54) is 23.1 Å². The van der Waals surface area contributed by atoms with Crippen molar-refractivity contribution in [1.29, 1.82) is 0 Å². The number of carbonyl (C=O) groups excluding carboxylic acids is 2. The molecule has 10 heteroatoms. The lowest BCUT2D eigenvalue weighted by Gasteiger charge is -2.34. The number of hydrogen-bond acceptors (Lipinski definition) is 4. The van der Waals surface area contributed by atoms with Gasteiger partial charge in [-0.15, -0.1) is 0 Å². The summed E-state index contributed by atoms with van der Waals surface area (Å²) in [6, 6.07) is 20.3. The number of amides is 2. The van der Waals surface area contributed by atoms with Gasteiger partial charge >= 0.3 is 0 Å². The molecule has 0 aliphatic heterocycles. The molecule has 0 heterocycles. The van der Waals surface area contributed by atoms with Crippen molar-refractivity contribution >= 4 is 50.7 Å². The molecule has 39 heavy (non-hydrogen) atoms. The standard InChI is InChI=1S/C29H33Cl2N3O4S/c1-20(2)32-29(36)27(16-22-11-6-5-7-12-22)33(18-23-13-9-8-10-21(23)3)28(35)19-34(39(4,37)38)24-14-15-25(30)26(31)17-24/h5-15,17,20,27H,16,18-19H2,1-4H3,(H,32,36). The van der Waals surface area contributed by atoms with Crippen LogP contribution in [0.4, 0.5) is 5.69 Å². The smallest absolute Gasteiger partial charge is 0.244 e. The molecule has 7 nitrogen and oxygen atoms in total. The number of sulfonamides is 1. The third-order valence-electron chi connectivity index (χ3n) is 6.17. The maximum atomic E-state index is 14.0. The van der Waals surface area contributed by atoms with Crippen LogP contribution in [0.15, 0.2) is 72.8 Å². The van der Waals surface area contributed by atoms with Crippen molar-refractivity contribution in [3.05, 3.63) is 99.5 Å². The molecule has 0 bridgehead atoms. The molecule has 0 aliphatic carbocycles. The molecule has 0 radical (unpaired) electrons. The van der Waals surface area contributed by atoms with Crippen LogP contribution < -0.4 is 9.62 Å². The molecule has 2 amide bonds. The molecule has 1 unspecified atom stereocenters. The van der Waals surface area contributed by atoms with E-state index >= 15 is 0 Å². The van der Waals surface area contributed by atoms with E-state index in [2.05, 4.69) is 5.32 Å². The molecule has 3 rings (SSSR count). The molecular weight excluding hydrogens is 557 g/mol. The fourth-order valence-corrected chi connectivity index (χ4v) is 5.29. The van der Waals surface area contributed by atoms with Crippen LogP contribution >= 0.6 is 23.2 Å². The number of hydrogen-bond donors (Lipinski definition) is 1. The van der Waals surface area contributed by atoms with Crippen LogP contribution in [-0.4, -0.2) is 50.0 Å². The normalized spacial score (nSPS) is 12.2. The molecule has 208 valence electrons. The summed E-state index contributed by atoms with van der Waals surface area (Å²) >= 11 is 12.2. The van der Waals surface area contributed by atoms with Gasteiger partial charge in [-0.3, -0.25) is 13.9 Å². The fourth-order valence-electron chi connectivity index (χ4n) is 4.16. The Kier molecular flexibility index (Phi) is 10.4. The number of carbonyl (C=O) groups is 2. The quantitative estimate of drug-likeness (QED) is 0.331. The lowest BCUT2D eigenvalue weighted by Crippen LogP contribution is -2.54. The number of aryl methyl sites for hydroxylation is 1. The summed E-state index contributed by atoms with van der Waals surface area (Å²) in [6.45, 7) is 5.22. The van der Waals surface area contributed by atoms with Crippen molar-refractivity contribution < 1.29 is 18.0 Å². The SMILES string of the molecule is Cc1ccccc1CN(C(=O)CN(c1ccc(Cl)c(Cl)c1)S(C)(=O)=O)C(Cc1ccccc1)C(=O)NC(C)C. The van der Waals surface area contributed by atoms with Gasteiger partial charge in [0.05, 0.1) is 22.0 Å². The number of anilines is 1. The lowest BCUT2D eigenvalue weighted by atomic mass is 10.0. The molecule has 0 aliphatic rings. The molecule has 0 saturated heterocycles. The van der Waals surface area contributed by atoms with Crippen LogP contribution in [0.2, 0.25) is 10.0 Å². The van der Waals surface area contributed by atoms with Crippen molar-refractivity contribution in [3.63, 3.8) is 0 Å². The van der Waals surface area contributed by atoms with Gasteiger partial charge in [-0.1, -0.05) is 77.8 Å². The third-order valence-corrected chi connectivity index (χ3v) is 8.05. The van der Waals surface area contributed by atoms with E-state index in [9.17, 15) is 18.0 Å². The van der Waals surface area contributed by atoms with Gasteiger partial charge < -0.3 is 10.2 Å². The van der Waals surface area contributed by atoms with E-state index in [-0.39, 0.29) is 40.6 Å². The first-order chi connectivity index (χ1) is 18.4. The number of halogens is 2. The van der Waals surface area contributed by atoms with E-state index in [1.54, 1.807) is 0 Å². The highest BCUT2D eigenvalue weighted by atomic mass is 35.5. The van der Waals surface area contributed by atoms with Crippen LogP contribution in [-0.2, 0) is 32.6 Å². The number of benzene rings is 3. The average molecular weight is 591 g/mol. The Labute approximate surface area is 240 Å². The first-order valence-corrected chi connectivity index (χ1v) is 15.1. The van der Waals surface area contributed by atoms with Crippen LogP contribution in [0.5, 0.6) is 0 Å². The highest BCUT2D eigenvalue weighted by Gasteiger charge is 2.33. The summed E-state index contributed by atoms with van der Waals surface area (Å²) in [5, 5.41) is 3.35. The van der Waals surface area contributed by atoms with E-state index in [1.807, 2.05) is 75.4 Å². The maximum absolute atomic E-state index is 14.0. The molecule has 0 aromatic heterocycles. The van der Waals surface area contributed by atoms with Crippen molar-refractivity contribution in [2.24, 2.45) is 0 Å². The molecular formula is C29H33Cl2N3O4S. The topological polar surface area (TPSA) is 86.8 Å². The Hall–Kier alpha value is -3.07. The zero-order valence-corrected chi connectivity index (χ0v) is 24.7. The molecule has 0 fully saturated rings. The summed E-state index contributed by atoms with van der Waals surface area (Å²) in [5.74, 6) is -0.856. The van der Waals surface area contributed by atoms with Crippen LogP contribution in [0.25, 0.3) is 0 Å². The summed E-state index contributed by atoms with van der Waals surface area (Å²) in [6.07, 6.45) is 1.27. The second kappa shape index (κ2) is 13.3. The lowest BCUT2D eigenvalue weighted by molar-refractivity contribution is -0.140. The largest absolute Gasteiger partial charge is 0.352 e. The van der Waals surface area contributed by atoms with E-state index in [0.717, 1.165) is 27.3 Å². The second-order valence-corrected chi connectivity index (χ2v) is 12.4. The predicted octanol–water partition coefficient (Wildman–Crippen LogP) is 5.23. The second-order valence-electron chi connectivity index (χ2n) is 9.68. The highest BCUT2D eigenvalue weighted by Crippen LogP contribution is 2.29. The first kappa shape index (κ1) is 30.5. The van der Waals surface area contributed by atoms with Gasteiger partial charge in [0, 0.05) is 19.0 Å². The van der Waals surface area contributed by atoms with Gasteiger partial charge in [0.1, 0.15) is 12.6 Å². The van der Waals surface area contributed by atoms with Gasteiger partial charge in [0.2, 0.25) is 21.8 Å². The Balaban J connectivity index is 2.08. The highest BCUT2D eigenvalue weighted by molar-refractivity contribution is 7.92. The van der Waals surface area contributed by atoms with E-state index in [4.69, 9.17) is 23.2 Å². The number of nitrogens with zero attached hydrogens (tertiary/aromatic N) is 2. The summed E-state index contributed by atoms with van der Waals surface area (Å²) in [5.41, 5.74) is 2.86. The third kappa shape index (κ3) is 8.46. The van der Waals surface area contributed by atoms with Crippen LogP contribution in [0.3, 0.4) is 0 Å². The minimum atomic E-state index is -3.90. The van der Waals surface area contributed by atoms with Crippen LogP contribution in [0, 0.1) is 6.92 Å². The van der Waals surface area contributed by atoms with Crippen molar-refractivity contribution in [2.75, 3.05) is 17.1 Å². The minimum Gasteiger partial charge on any atom is -0.352 e. The average Bonchev–Trinajstić information content (AvgIpc) is 2.87. The zero-order chi connectivity index (χ0) is 28.7. The molecule has 3 aromatic rings. The van der Waals surface area contributed by atoms with Gasteiger partial charge in [-0.2, -0.15) is 0 Å². The van der Waals surface area contributed by atoms with Crippen molar-refractivity contribution in [3.8, 4) is 0 Å². The van der Waals surface area contributed by atoms with E-state index in [0.29, 0.717) is 0 Å². The monoisotopic (exact) mass is 589 g/mol. The minimum absolute atomic E-state index is 0.119. The molecule has 0 spiro atoms. The molecule has 3 aromatic carbocycles. The molecule has 0 saturated carbocycles. The zero-order valence-electron chi connectivity index (χ0n) is 22.4. The predicted molar refractivity (Wildman–Crippen MR) is 158 cm³/mol. The fraction of sp³-hybridized carbons (Fsp3) is 0.310. The molecule has 1 atom stereocenters. The van der Waals surface area contributed by atoms with Crippen molar-refractivity contribution in [2.45, 2.75) is 45.8 Å². The number of rotatable bonds is 11. The van der Waals surface area contributed by atoms with E-state index < -0.39 is 28.5 Å². The Morgan fingerprint density at radius 1 is 0.923 bits per heavy atom. The Morgan fingerprint density at radius 2 is 1.56 bits per heavy atom. The molecule has 1 N–H and O–H groups in total. The number of nitrogens with one attached hydrogen (secondary N) is 1.